The van der Waals surface area contributed by atoms with Crippen molar-refractivity contribution in [2.24, 2.45) is 5.73 Å². The van der Waals surface area contributed by atoms with Gasteiger partial charge >= 0.3 is 5.97 Å². The summed E-state index contributed by atoms with van der Waals surface area (Å²) in [5.74, 6) is -2.01. The molecule has 2 aromatic heterocycles. The zero-order valence-electron chi connectivity index (χ0n) is 22.0. The molecule has 2 aromatic carbocycles. The number of H-pyrrole nitrogens is 2. The fourth-order valence-electron chi connectivity index (χ4n) is 4.87. The monoisotopic (exact) mass is 532 g/mol. The van der Waals surface area contributed by atoms with Gasteiger partial charge in [-0.1, -0.05) is 36.4 Å². The average molecular weight is 533 g/mol. The Morgan fingerprint density at radius 3 is 1.85 bits per heavy atom. The molecule has 0 saturated heterocycles. The maximum absolute atomic E-state index is 13.3. The summed E-state index contributed by atoms with van der Waals surface area (Å²) in [6, 6.07) is 12.8. The van der Waals surface area contributed by atoms with Gasteiger partial charge in [-0.25, -0.2) is 4.79 Å². The van der Waals surface area contributed by atoms with Crippen molar-refractivity contribution in [2.75, 3.05) is 13.6 Å². The Morgan fingerprint density at radius 1 is 0.795 bits per heavy atom. The lowest BCUT2D eigenvalue weighted by Crippen LogP contribution is -2.55. The van der Waals surface area contributed by atoms with Crippen LogP contribution in [0.25, 0.3) is 21.8 Å². The maximum Gasteiger partial charge on any atom is 0.326 e. The number of nitrogens with one attached hydrogen (secondary N) is 5. The fourth-order valence-corrected chi connectivity index (χ4v) is 4.87. The third-order valence-electron chi connectivity index (χ3n) is 7.06. The van der Waals surface area contributed by atoms with Crippen molar-refractivity contribution in [1.82, 2.24) is 25.9 Å². The summed E-state index contributed by atoms with van der Waals surface area (Å²) >= 11 is 0. The number of para-hydroxylation sites is 2. The van der Waals surface area contributed by atoms with Gasteiger partial charge in [0.2, 0.25) is 11.8 Å². The van der Waals surface area contributed by atoms with Crippen molar-refractivity contribution in [2.45, 2.75) is 50.2 Å². The Balaban J connectivity index is 1.46. The number of unbranched alkanes of at least 4 members (excludes halogenated alkanes) is 1. The second-order valence-electron chi connectivity index (χ2n) is 9.71. The molecule has 10 nitrogen and oxygen atoms in total. The molecule has 206 valence electrons. The Hall–Kier alpha value is -4.15. The Morgan fingerprint density at radius 2 is 1.31 bits per heavy atom. The molecule has 3 atom stereocenters. The smallest absolute Gasteiger partial charge is 0.326 e. The van der Waals surface area contributed by atoms with E-state index in [1.54, 1.807) is 13.2 Å². The first-order valence-corrected chi connectivity index (χ1v) is 13.2. The van der Waals surface area contributed by atoms with Crippen molar-refractivity contribution < 1.29 is 19.5 Å². The van der Waals surface area contributed by atoms with E-state index in [0.29, 0.717) is 32.2 Å². The average Bonchev–Trinajstić information content (AvgIpc) is 3.54. The first-order chi connectivity index (χ1) is 18.9. The topological polar surface area (TPSA) is 165 Å². The fraction of sp³-hybridized carbons (Fsp3) is 0.345. The van der Waals surface area contributed by atoms with Gasteiger partial charge in [0.05, 0.1) is 6.04 Å². The maximum atomic E-state index is 13.3. The molecule has 4 rings (SSSR count). The van der Waals surface area contributed by atoms with Crippen molar-refractivity contribution >= 4 is 39.6 Å². The van der Waals surface area contributed by atoms with Gasteiger partial charge in [-0.3, -0.25) is 9.59 Å². The van der Waals surface area contributed by atoms with E-state index >= 15 is 0 Å². The molecule has 2 heterocycles. The predicted octanol–water partition coefficient (Wildman–Crippen LogP) is 2.21. The third kappa shape index (κ3) is 6.84. The lowest BCUT2D eigenvalue weighted by Gasteiger charge is -2.24. The van der Waals surface area contributed by atoms with Crippen LogP contribution in [0.3, 0.4) is 0 Å². The number of carbonyl (C=O) groups is 3. The number of aliphatic carboxylic acids is 1. The van der Waals surface area contributed by atoms with Gasteiger partial charge in [-0.2, -0.15) is 0 Å². The minimum atomic E-state index is -1.16. The third-order valence-corrected chi connectivity index (χ3v) is 7.06. The summed E-state index contributed by atoms with van der Waals surface area (Å²) in [7, 11) is 1.70. The number of fused-ring (bicyclic) bond motifs is 2. The molecule has 0 aliphatic rings. The predicted molar refractivity (Wildman–Crippen MR) is 151 cm³/mol. The first-order valence-electron chi connectivity index (χ1n) is 13.2. The van der Waals surface area contributed by atoms with E-state index in [-0.39, 0.29) is 12.3 Å². The lowest BCUT2D eigenvalue weighted by molar-refractivity contribution is -0.142. The van der Waals surface area contributed by atoms with Crippen LogP contribution in [0, 0.1) is 0 Å². The minimum Gasteiger partial charge on any atom is -0.480 e. The van der Waals surface area contributed by atoms with Crippen LogP contribution >= 0.6 is 0 Å². The van der Waals surface area contributed by atoms with Crippen LogP contribution in [0.5, 0.6) is 0 Å². The highest BCUT2D eigenvalue weighted by atomic mass is 16.4. The van der Waals surface area contributed by atoms with Crippen LogP contribution in [-0.2, 0) is 27.2 Å². The molecule has 0 fully saturated rings. The summed E-state index contributed by atoms with van der Waals surface area (Å²) in [5, 5.41) is 20.4. The Labute approximate surface area is 226 Å². The lowest BCUT2D eigenvalue weighted by atomic mass is 10.0. The van der Waals surface area contributed by atoms with Crippen molar-refractivity contribution in [3.05, 3.63) is 72.1 Å². The number of likely N-dealkylation sites (N-methyl/N-ethyl adjacent to an activating group) is 1. The highest BCUT2D eigenvalue weighted by molar-refractivity contribution is 5.93. The number of carbonyl (C=O) groups excluding carboxylic acids is 2. The summed E-state index contributed by atoms with van der Waals surface area (Å²) in [6.07, 6.45) is 5.81. The van der Waals surface area contributed by atoms with Crippen molar-refractivity contribution in [3.8, 4) is 0 Å². The number of hydrogen-bond donors (Lipinski definition) is 7. The second kappa shape index (κ2) is 13.1. The zero-order valence-corrected chi connectivity index (χ0v) is 22.0. The number of hydrogen-bond acceptors (Lipinski definition) is 5. The highest BCUT2D eigenvalue weighted by Crippen LogP contribution is 2.20. The van der Waals surface area contributed by atoms with Gasteiger partial charge in [-0.15, -0.1) is 0 Å². The summed E-state index contributed by atoms with van der Waals surface area (Å²) < 4.78 is 0. The minimum absolute atomic E-state index is 0.105. The Bertz CT molecular complexity index is 1430. The van der Waals surface area contributed by atoms with Crippen LogP contribution in [0.15, 0.2) is 60.9 Å². The first kappa shape index (κ1) is 27.9. The largest absolute Gasteiger partial charge is 0.480 e. The molecule has 8 N–H and O–H groups in total. The summed E-state index contributed by atoms with van der Waals surface area (Å²) in [4.78, 5) is 45.1. The van der Waals surface area contributed by atoms with E-state index in [0.717, 1.165) is 32.9 Å². The second-order valence-corrected chi connectivity index (χ2v) is 9.71. The van der Waals surface area contributed by atoms with Crippen LogP contribution in [0.2, 0.25) is 0 Å². The van der Waals surface area contributed by atoms with Crippen molar-refractivity contribution in [3.63, 3.8) is 0 Å². The molecule has 2 amide bonds. The number of carboxylic acids is 1. The van der Waals surface area contributed by atoms with Gasteiger partial charge in [0.25, 0.3) is 0 Å². The quantitative estimate of drug-likeness (QED) is 0.123. The van der Waals surface area contributed by atoms with Gasteiger partial charge in [-0.05, 0) is 62.5 Å². The van der Waals surface area contributed by atoms with Gasteiger partial charge in [0, 0.05) is 40.6 Å². The van der Waals surface area contributed by atoms with E-state index < -0.39 is 30.0 Å². The van der Waals surface area contributed by atoms with Crippen LogP contribution in [0.4, 0.5) is 0 Å². The van der Waals surface area contributed by atoms with Gasteiger partial charge in [0.1, 0.15) is 12.1 Å². The standard InChI is InChI=1S/C29H36N6O4/c1-31-25(14-18-16-32-22-10-4-2-8-20(18)22)28(37)34-24(12-6-7-13-30)27(36)35-26(29(38)39)15-19-17-33-23-11-5-3-9-21(19)23/h2-5,8-11,16-17,24-26,31-33H,6-7,12-15,30H2,1H3,(H,34,37)(H,35,36)(H,38,39)/t24-,25-,26-/m0/s1. The molecule has 0 saturated carbocycles. The van der Waals surface area contributed by atoms with E-state index in [4.69, 9.17) is 5.73 Å². The van der Waals surface area contributed by atoms with Crippen LogP contribution in [-0.4, -0.2) is 64.6 Å². The van der Waals surface area contributed by atoms with Gasteiger partial charge in [0.15, 0.2) is 0 Å². The molecule has 0 radical (unpaired) electrons. The summed E-state index contributed by atoms with van der Waals surface area (Å²) in [6.45, 7) is 0.459. The molecule has 0 bridgehead atoms. The molecule has 0 aliphatic carbocycles. The molecule has 39 heavy (non-hydrogen) atoms. The van der Waals surface area contributed by atoms with E-state index in [1.165, 1.54) is 0 Å². The number of nitrogens with two attached hydrogens (primary N) is 1. The number of aromatic nitrogens is 2. The van der Waals surface area contributed by atoms with E-state index in [1.807, 2.05) is 54.7 Å². The normalized spacial score (nSPS) is 13.7. The molecule has 0 aliphatic heterocycles. The number of amides is 2. The number of benzene rings is 2. The summed E-state index contributed by atoms with van der Waals surface area (Å²) in [5.41, 5.74) is 9.29. The SMILES string of the molecule is CN[C@@H](Cc1c[nH]c2ccccc12)C(=O)N[C@@H](CCCCN)C(=O)N[C@@H](Cc1c[nH]c2ccccc12)C(=O)O. The van der Waals surface area contributed by atoms with Gasteiger partial charge < -0.3 is 36.8 Å². The molecular formula is C29H36N6O4. The number of carboxylic acid groups (broad SMARTS) is 1. The van der Waals surface area contributed by atoms with E-state index in [2.05, 4.69) is 25.9 Å². The number of rotatable bonds is 14. The molecule has 4 aromatic rings. The van der Waals surface area contributed by atoms with Crippen LogP contribution in [0.1, 0.15) is 30.4 Å². The zero-order chi connectivity index (χ0) is 27.8. The van der Waals surface area contributed by atoms with E-state index in [9.17, 15) is 19.5 Å². The van der Waals surface area contributed by atoms with Crippen LogP contribution < -0.4 is 21.7 Å². The molecule has 0 spiro atoms. The molecular weight excluding hydrogens is 496 g/mol. The highest BCUT2D eigenvalue weighted by Gasteiger charge is 2.29. The Kier molecular flexibility index (Phi) is 9.35. The number of aromatic amines is 2. The molecule has 0 unspecified atom stereocenters. The molecule has 10 heteroatoms. The van der Waals surface area contributed by atoms with Crippen molar-refractivity contribution in [1.29, 1.82) is 0 Å².